The quantitative estimate of drug-likeness (QED) is 0.468. The molecule has 8 heteroatoms. The van der Waals surface area contributed by atoms with Gasteiger partial charge in [-0.1, -0.05) is 0 Å². The molecule has 1 saturated heterocycles. The molecular formula is C10H14N2O6. The molecule has 0 aromatic carbocycles. The Hall–Kier alpha value is -1.48. The van der Waals surface area contributed by atoms with E-state index in [4.69, 9.17) is 14.0 Å². The van der Waals surface area contributed by atoms with Gasteiger partial charge in [0, 0.05) is 16.4 Å². The number of ether oxygens (including phenoxy) is 1. The number of aliphatic hydroxyl groups is 3. The Kier molecular flexibility index (Phi) is 2.27. The summed E-state index contributed by atoms with van der Waals surface area (Å²) < 4.78 is 27.9. The molecular weight excluding hydrogens is 244 g/mol. The Balaban J connectivity index is 2.60. The molecule has 1 aliphatic heterocycles. The van der Waals surface area contributed by atoms with Crippen molar-refractivity contribution < 1.29 is 24.2 Å². The number of H-pyrrole nitrogens is 1. The lowest BCUT2D eigenvalue weighted by atomic mass is 9.96. The maximum atomic E-state index is 11.7. The summed E-state index contributed by atoms with van der Waals surface area (Å²) in [4.78, 5) is 24.6. The van der Waals surface area contributed by atoms with E-state index in [0.29, 0.717) is 4.57 Å². The monoisotopic (exact) mass is 261 g/mol. The molecule has 0 radical (unpaired) electrons. The fourth-order valence-corrected chi connectivity index (χ4v) is 1.81. The largest absolute Gasteiger partial charge is 0.394 e. The lowest BCUT2D eigenvalue weighted by Crippen LogP contribution is -2.46. The zero-order chi connectivity index (χ0) is 16.0. The summed E-state index contributed by atoms with van der Waals surface area (Å²) in [5.41, 5.74) is -4.55. The molecule has 0 spiro atoms. The number of hydrogen-bond acceptors (Lipinski definition) is 6. The highest BCUT2D eigenvalue weighted by molar-refractivity contribution is 5.00. The third kappa shape index (κ3) is 1.89. The van der Waals surface area contributed by atoms with E-state index in [2.05, 4.69) is 0 Å². The third-order valence-corrected chi connectivity index (χ3v) is 2.77. The van der Waals surface area contributed by atoms with Crippen molar-refractivity contribution in [3.8, 4) is 0 Å². The first-order valence-electron chi connectivity index (χ1n) is 6.61. The van der Waals surface area contributed by atoms with Crippen LogP contribution in [-0.2, 0) is 4.74 Å². The van der Waals surface area contributed by atoms with Crippen LogP contribution in [0.3, 0.4) is 0 Å². The van der Waals surface area contributed by atoms with Crippen LogP contribution >= 0.6 is 0 Å². The molecule has 1 aromatic rings. The van der Waals surface area contributed by atoms with Crippen LogP contribution in [0.4, 0.5) is 0 Å². The van der Waals surface area contributed by atoms with Crippen molar-refractivity contribution in [1.29, 1.82) is 0 Å². The van der Waals surface area contributed by atoms with Crippen molar-refractivity contribution in [3.05, 3.63) is 33.1 Å². The average molecular weight is 261 g/mol. The molecule has 4 atom stereocenters. The van der Waals surface area contributed by atoms with Gasteiger partial charge in [-0.2, -0.15) is 0 Å². The van der Waals surface area contributed by atoms with Gasteiger partial charge in [0.2, 0.25) is 0 Å². The number of aromatic amines is 1. The van der Waals surface area contributed by atoms with E-state index in [1.807, 2.05) is 4.98 Å². The van der Waals surface area contributed by atoms with Crippen LogP contribution < -0.4 is 11.2 Å². The van der Waals surface area contributed by atoms with Gasteiger partial charge >= 0.3 is 5.69 Å². The number of aromatic nitrogens is 2. The molecule has 0 amide bonds. The first-order valence-corrected chi connectivity index (χ1v) is 5.11. The molecule has 0 saturated carbocycles. The lowest BCUT2D eigenvalue weighted by molar-refractivity contribution is -0.0987. The summed E-state index contributed by atoms with van der Waals surface area (Å²) in [5.74, 6) is 0. The predicted molar refractivity (Wildman–Crippen MR) is 58.9 cm³/mol. The molecule has 0 aliphatic carbocycles. The van der Waals surface area contributed by atoms with Gasteiger partial charge in [-0.3, -0.25) is 14.3 Å². The minimum absolute atomic E-state index is 0.645. The Morgan fingerprint density at radius 2 is 2.39 bits per heavy atom. The zero-order valence-corrected chi connectivity index (χ0v) is 9.11. The smallest absolute Gasteiger partial charge is 0.330 e. The zero-order valence-electron chi connectivity index (χ0n) is 12.1. The van der Waals surface area contributed by atoms with E-state index in [1.165, 1.54) is 0 Å². The number of aliphatic hydroxyl groups excluding tert-OH is 2. The highest BCUT2D eigenvalue weighted by Gasteiger charge is 2.53. The molecule has 0 bridgehead atoms. The van der Waals surface area contributed by atoms with Gasteiger partial charge in [0.05, 0.1) is 6.61 Å². The van der Waals surface area contributed by atoms with E-state index in [1.54, 1.807) is 0 Å². The van der Waals surface area contributed by atoms with Gasteiger partial charge in [0.25, 0.3) is 5.56 Å². The van der Waals surface area contributed by atoms with E-state index >= 15 is 0 Å². The van der Waals surface area contributed by atoms with Gasteiger partial charge in [0.1, 0.15) is 17.8 Å². The highest BCUT2D eigenvalue weighted by Crippen LogP contribution is 2.36. The van der Waals surface area contributed by atoms with Gasteiger partial charge in [-0.25, -0.2) is 4.79 Å². The van der Waals surface area contributed by atoms with Crippen molar-refractivity contribution in [2.75, 3.05) is 6.61 Å². The molecule has 100 valence electrons. The highest BCUT2D eigenvalue weighted by atomic mass is 16.6. The molecule has 8 nitrogen and oxygen atoms in total. The van der Waals surface area contributed by atoms with Gasteiger partial charge in [-0.15, -0.1) is 0 Å². The second-order valence-electron chi connectivity index (χ2n) is 4.00. The molecule has 2 heterocycles. The first kappa shape index (κ1) is 9.45. The summed E-state index contributed by atoms with van der Waals surface area (Å²) in [6.45, 7) is -3.86. The van der Waals surface area contributed by atoms with Crippen molar-refractivity contribution in [2.45, 2.75) is 30.9 Å². The first-order chi connectivity index (χ1) is 9.62. The van der Waals surface area contributed by atoms with Crippen LogP contribution in [0.15, 0.2) is 21.9 Å². The summed E-state index contributed by atoms with van der Waals surface area (Å²) in [7, 11) is 0. The standard InChI is InChI=1S/C10H14N2O6/c1-10(17)7(15)5(4-13)18-8(10)12-3-2-6(14)11-9(12)16/h2-3,5,7-8,13,15,17H,4H2,1H3,(H,11,14,16)/t5-,7-,8-,10-/m1/s1/i1D3. The average Bonchev–Trinajstić information content (AvgIpc) is 2.63. The maximum absolute atomic E-state index is 11.7. The number of nitrogens with zero attached hydrogens (tertiary/aromatic N) is 1. The van der Waals surface area contributed by atoms with E-state index in [0.717, 1.165) is 12.3 Å². The fourth-order valence-electron chi connectivity index (χ4n) is 1.81. The van der Waals surface area contributed by atoms with E-state index in [9.17, 15) is 19.8 Å². The number of nitrogens with one attached hydrogen (secondary N) is 1. The Labute approximate surface area is 105 Å². The molecule has 4 N–H and O–H groups in total. The summed E-state index contributed by atoms with van der Waals surface area (Å²) in [6, 6.07) is 0.934. The summed E-state index contributed by atoms with van der Waals surface area (Å²) in [6.07, 6.45) is -4.19. The Morgan fingerprint density at radius 3 is 2.94 bits per heavy atom. The number of hydrogen-bond donors (Lipinski definition) is 4. The Morgan fingerprint density at radius 1 is 1.67 bits per heavy atom. The van der Waals surface area contributed by atoms with Crippen LogP contribution in [0, 0.1) is 0 Å². The predicted octanol–water partition coefficient (Wildman–Crippen LogP) is -2.46. The minimum Gasteiger partial charge on any atom is -0.394 e. The van der Waals surface area contributed by atoms with Crippen LogP contribution in [0.25, 0.3) is 0 Å². The molecule has 18 heavy (non-hydrogen) atoms. The van der Waals surface area contributed by atoms with Crippen molar-refractivity contribution in [3.63, 3.8) is 0 Å². The topological polar surface area (TPSA) is 125 Å². The minimum atomic E-state index is -3.10. The molecule has 0 unspecified atom stereocenters. The molecule has 2 rings (SSSR count). The van der Waals surface area contributed by atoms with Gasteiger partial charge in [0.15, 0.2) is 6.23 Å². The van der Waals surface area contributed by atoms with E-state index < -0.39 is 48.7 Å². The second-order valence-corrected chi connectivity index (χ2v) is 4.00. The Bertz CT molecular complexity index is 641. The second kappa shape index (κ2) is 4.32. The van der Waals surface area contributed by atoms with Crippen molar-refractivity contribution >= 4 is 0 Å². The lowest BCUT2D eigenvalue weighted by Gasteiger charge is -2.27. The van der Waals surface area contributed by atoms with E-state index in [-0.39, 0.29) is 0 Å². The molecule has 1 aromatic heterocycles. The molecule has 1 aliphatic rings. The summed E-state index contributed by atoms with van der Waals surface area (Å²) in [5, 5.41) is 29.4. The summed E-state index contributed by atoms with van der Waals surface area (Å²) >= 11 is 0. The van der Waals surface area contributed by atoms with Crippen LogP contribution in [-0.4, -0.2) is 49.3 Å². The van der Waals surface area contributed by atoms with Crippen LogP contribution in [0.2, 0.25) is 0 Å². The third-order valence-electron chi connectivity index (χ3n) is 2.77. The van der Waals surface area contributed by atoms with Crippen molar-refractivity contribution in [1.82, 2.24) is 9.55 Å². The van der Waals surface area contributed by atoms with Crippen molar-refractivity contribution in [2.24, 2.45) is 0 Å². The van der Waals surface area contributed by atoms with Crippen LogP contribution in [0.5, 0.6) is 0 Å². The van der Waals surface area contributed by atoms with Crippen LogP contribution in [0.1, 0.15) is 17.2 Å². The van der Waals surface area contributed by atoms with Gasteiger partial charge in [-0.05, 0) is 6.85 Å². The maximum Gasteiger partial charge on any atom is 0.330 e. The normalized spacial score (nSPS) is 39.1. The fraction of sp³-hybridized carbons (Fsp3) is 0.600. The number of rotatable bonds is 2. The SMILES string of the molecule is [2H]C([2H])([2H])[C@@]1(O)[C@H](O)[C@@H](CO)O[C@H]1n1ccc(=O)[nH]c1=O. The molecule has 1 fully saturated rings. The van der Waals surface area contributed by atoms with Gasteiger partial charge < -0.3 is 20.1 Å².